The maximum atomic E-state index is 13.6. The van der Waals surface area contributed by atoms with E-state index in [1.54, 1.807) is 12.1 Å². The number of benzene rings is 2. The quantitative estimate of drug-likeness (QED) is 0.198. The van der Waals surface area contributed by atoms with Gasteiger partial charge in [0.15, 0.2) is 0 Å². The van der Waals surface area contributed by atoms with E-state index in [0.29, 0.717) is 24.8 Å². The molecule has 5 nitrogen and oxygen atoms in total. The third-order valence-corrected chi connectivity index (χ3v) is 7.46. The summed E-state index contributed by atoms with van der Waals surface area (Å²) < 4.78 is 15.5. The van der Waals surface area contributed by atoms with Crippen LogP contribution in [0.3, 0.4) is 0 Å². The van der Waals surface area contributed by atoms with Crippen molar-refractivity contribution in [3.8, 4) is 16.9 Å². The van der Waals surface area contributed by atoms with Gasteiger partial charge in [-0.2, -0.15) is 0 Å². The number of imidazole rings is 1. The third kappa shape index (κ3) is 8.81. The largest absolute Gasteiger partial charge is 0.303 e. The van der Waals surface area contributed by atoms with Crippen molar-refractivity contribution < 1.29 is 9.18 Å². The van der Waals surface area contributed by atoms with Gasteiger partial charge in [-0.3, -0.25) is 14.8 Å². The summed E-state index contributed by atoms with van der Waals surface area (Å²) >= 11 is 0. The van der Waals surface area contributed by atoms with Crippen LogP contribution in [-0.4, -0.2) is 33.9 Å². The van der Waals surface area contributed by atoms with Crippen molar-refractivity contribution in [2.45, 2.75) is 84.5 Å². The van der Waals surface area contributed by atoms with Gasteiger partial charge >= 0.3 is 0 Å². The molecule has 1 atom stereocenters. The molecule has 206 valence electrons. The van der Waals surface area contributed by atoms with Crippen LogP contribution in [0, 0.1) is 18.7 Å². The topological polar surface area (TPSA) is 59.6 Å². The van der Waals surface area contributed by atoms with E-state index < -0.39 is 0 Å². The predicted octanol–water partition coefficient (Wildman–Crippen LogP) is 8.12. The molecule has 0 spiro atoms. The Bertz CT molecular complexity index is 1260. The van der Waals surface area contributed by atoms with E-state index >= 15 is 0 Å². The number of ketones is 1. The zero-order valence-electron chi connectivity index (χ0n) is 23.4. The van der Waals surface area contributed by atoms with Crippen molar-refractivity contribution >= 4 is 17.7 Å². The molecule has 2 heterocycles. The van der Waals surface area contributed by atoms with E-state index in [4.69, 9.17) is 4.98 Å². The zero-order valence-corrected chi connectivity index (χ0v) is 23.4. The number of carbonyl (C=O) groups is 1. The Morgan fingerprint density at radius 3 is 2.56 bits per heavy atom. The van der Waals surface area contributed by atoms with Crippen LogP contribution >= 0.6 is 0 Å². The minimum atomic E-state index is -0.285. The van der Waals surface area contributed by atoms with Crippen LogP contribution in [0.15, 0.2) is 64.7 Å². The number of unbranched alkanes of at least 4 members (excludes halogenated alkanes) is 2. The fourth-order valence-electron chi connectivity index (χ4n) is 5.19. The molecule has 0 aliphatic carbocycles. The lowest BCUT2D eigenvalue weighted by Crippen LogP contribution is -2.11. The van der Waals surface area contributed by atoms with Gasteiger partial charge in [0.25, 0.3) is 0 Å². The highest BCUT2D eigenvalue weighted by molar-refractivity contribution is 5.87. The van der Waals surface area contributed by atoms with Crippen LogP contribution < -0.4 is 0 Å². The summed E-state index contributed by atoms with van der Waals surface area (Å²) in [4.78, 5) is 26.9. The van der Waals surface area contributed by atoms with E-state index in [1.165, 1.54) is 42.7 Å². The molecule has 0 fully saturated rings. The van der Waals surface area contributed by atoms with Gasteiger partial charge in [0.2, 0.25) is 0 Å². The summed E-state index contributed by atoms with van der Waals surface area (Å²) in [5.41, 5.74) is 5.10. The number of aromatic nitrogens is 2. The Kier molecular flexibility index (Phi) is 10.8. The first kappa shape index (κ1) is 28.6. The second kappa shape index (κ2) is 14.7. The lowest BCUT2D eigenvalue weighted by molar-refractivity contribution is -0.118. The SMILES string of the molecule is CCCCC(CCCCC(=O)Cc1nc(-c2ccc(C)cc2)cn1-c1ccc(F)cc1)CC1=NCN=CCC1. The molecule has 39 heavy (non-hydrogen) atoms. The lowest BCUT2D eigenvalue weighted by Gasteiger charge is -2.17. The van der Waals surface area contributed by atoms with Crippen molar-refractivity contribution in [1.29, 1.82) is 0 Å². The second-order valence-electron chi connectivity index (χ2n) is 10.7. The van der Waals surface area contributed by atoms with Gasteiger partial charge in [-0.25, -0.2) is 9.37 Å². The lowest BCUT2D eigenvalue weighted by atomic mass is 9.89. The minimum Gasteiger partial charge on any atom is -0.303 e. The highest BCUT2D eigenvalue weighted by atomic mass is 19.1. The number of hydrogen-bond donors (Lipinski definition) is 0. The number of aliphatic imine (C=N–C) groups is 2. The summed E-state index contributed by atoms with van der Waals surface area (Å²) in [5, 5.41) is 0. The summed E-state index contributed by atoms with van der Waals surface area (Å²) in [6.07, 6.45) is 14.6. The summed E-state index contributed by atoms with van der Waals surface area (Å²) in [6.45, 7) is 4.87. The first-order chi connectivity index (χ1) is 19.0. The highest BCUT2D eigenvalue weighted by Crippen LogP contribution is 2.25. The second-order valence-corrected chi connectivity index (χ2v) is 10.7. The first-order valence-corrected chi connectivity index (χ1v) is 14.4. The smallest absolute Gasteiger partial charge is 0.140 e. The summed E-state index contributed by atoms with van der Waals surface area (Å²) in [6, 6.07) is 14.5. The summed E-state index contributed by atoms with van der Waals surface area (Å²) in [7, 11) is 0. The van der Waals surface area contributed by atoms with Crippen LogP contribution in [0.4, 0.5) is 4.39 Å². The Morgan fingerprint density at radius 1 is 1.03 bits per heavy atom. The van der Waals surface area contributed by atoms with E-state index in [1.807, 2.05) is 29.1 Å². The molecule has 2 aromatic carbocycles. The van der Waals surface area contributed by atoms with Crippen LogP contribution in [0.2, 0.25) is 0 Å². The molecule has 0 N–H and O–H groups in total. The van der Waals surface area contributed by atoms with Gasteiger partial charge < -0.3 is 4.57 Å². The molecule has 0 bridgehead atoms. The fraction of sp³-hybridized carbons (Fsp3) is 0.455. The molecule has 1 aliphatic rings. The Hall–Kier alpha value is -3.41. The van der Waals surface area contributed by atoms with Crippen LogP contribution in [-0.2, 0) is 11.2 Å². The number of halogens is 1. The third-order valence-electron chi connectivity index (χ3n) is 7.46. The summed E-state index contributed by atoms with van der Waals surface area (Å²) in [5.74, 6) is 1.23. The Morgan fingerprint density at radius 2 is 1.79 bits per heavy atom. The molecule has 0 amide bonds. The highest BCUT2D eigenvalue weighted by Gasteiger charge is 2.16. The minimum absolute atomic E-state index is 0.190. The monoisotopic (exact) mass is 528 g/mol. The number of rotatable bonds is 14. The van der Waals surface area contributed by atoms with E-state index in [-0.39, 0.29) is 18.0 Å². The number of nitrogens with zero attached hydrogens (tertiary/aromatic N) is 4. The normalized spacial score (nSPS) is 14.2. The molecular weight excluding hydrogens is 487 g/mol. The van der Waals surface area contributed by atoms with Crippen molar-refractivity contribution in [3.05, 3.63) is 71.9 Å². The standard InChI is InChI=1S/C33H41FN4O/c1-3-4-8-26(21-29-10-7-20-35-24-36-29)9-5-6-11-31(39)22-33-37-32(27-14-12-25(2)13-15-27)23-38(33)30-18-16-28(34)17-19-30/h12-20,23,26H,3-11,21-22,24H2,1-2H3. The van der Waals surface area contributed by atoms with E-state index in [2.05, 4.69) is 36.0 Å². The number of aryl methyl sites for hydroxylation is 1. The van der Waals surface area contributed by atoms with Gasteiger partial charge in [0.1, 0.15) is 24.1 Å². The van der Waals surface area contributed by atoms with Gasteiger partial charge in [0, 0.05) is 35.8 Å². The number of Topliss-reactive ketones (excluding diaryl/α,β-unsaturated/α-hetero) is 1. The van der Waals surface area contributed by atoms with E-state index in [0.717, 1.165) is 55.5 Å². The molecule has 0 saturated heterocycles. The molecule has 1 unspecified atom stereocenters. The van der Waals surface area contributed by atoms with Crippen molar-refractivity contribution in [3.63, 3.8) is 0 Å². The molecule has 1 aromatic heterocycles. The van der Waals surface area contributed by atoms with Crippen molar-refractivity contribution in [1.82, 2.24) is 9.55 Å². The average Bonchev–Trinajstić information content (AvgIpc) is 3.17. The Labute approximate surface area is 232 Å². The molecule has 6 heteroatoms. The molecule has 0 radical (unpaired) electrons. The molecule has 1 aliphatic heterocycles. The molecule has 4 rings (SSSR count). The maximum absolute atomic E-state index is 13.6. The van der Waals surface area contributed by atoms with Crippen LogP contribution in [0.1, 0.15) is 82.5 Å². The van der Waals surface area contributed by atoms with Crippen LogP contribution in [0.25, 0.3) is 16.9 Å². The number of carbonyl (C=O) groups excluding carboxylic acids is 1. The van der Waals surface area contributed by atoms with Gasteiger partial charge in [-0.1, -0.05) is 68.9 Å². The zero-order chi connectivity index (χ0) is 27.5. The molecule has 0 saturated carbocycles. The Balaban J connectivity index is 1.36. The predicted molar refractivity (Wildman–Crippen MR) is 159 cm³/mol. The van der Waals surface area contributed by atoms with Crippen molar-refractivity contribution in [2.24, 2.45) is 15.9 Å². The first-order valence-electron chi connectivity index (χ1n) is 14.4. The molecular formula is C33H41FN4O. The van der Waals surface area contributed by atoms with Gasteiger partial charge in [0.05, 0.1) is 12.1 Å². The van der Waals surface area contributed by atoms with Crippen molar-refractivity contribution in [2.75, 3.05) is 6.67 Å². The maximum Gasteiger partial charge on any atom is 0.140 e. The van der Waals surface area contributed by atoms with E-state index in [9.17, 15) is 9.18 Å². The molecule has 3 aromatic rings. The van der Waals surface area contributed by atoms with Gasteiger partial charge in [-0.05, 0) is 62.8 Å². The number of hydrogen-bond acceptors (Lipinski definition) is 4. The fourth-order valence-corrected chi connectivity index (χ4v) is 5.19. The van der Waals surface area contributed by atoms with Crippen LogP contribution in [0.5, 0.6) is 0 Å². The average molecular weight is 529 g/mol. The van der Waals surface area contributed by atoms with Gasteiger partial charge in [-0.15, -0.1) is 0 Å².